The summed E-state index contributed by atoms with van der Waals surface area (Å²) >= 11 is 0. The van der Waals surface area contributed by atoms with Crippen molar-refractivity contribution in [1.29, 1.82) is 0 Å². The molecule has 2 unspecified atom stereocenters. The van der Waals surface area contributed by atoms with Crippen molar-refractivity contribution in [2.75, 3.05) is 39.6 Å². The maximum absolute atomic E-state index is 13.2. The summed E-state index contributed by atoms with van der Waals surface area (Å²) in [7, 11) is -9.93. The van der Waals surface area contributed by atoms with Crippen LogP contribution in [0.2, 0.25) is 0 Å². The van der Waals surface area contributed by atoms with E-state index in [0.717, 1.165) is 108 Å². The van der Waals surface area contributed by atoms with Crippen LogP contribution in [0.25, 0.3) is 0 Å². The van der Waals surface area contributed by atoms with Crippen LogP contribution in [-0.4, -0.2) is 96.7 Å². The number of carbonyl (C=O) groups is 4. The van der Waals surface area contributed by atoms with Gasteiger partial charge in [-0.05, 0) is 43.4 Å². The van der Waals surface area contributed by atoms with Crippen molar-refractivity contribution in [3.05, 3.63) is 0 Å². The molecule has 0 amide bonds. The lowest BCUT2D eigenvalue weighted by atomic mass is 10.0. The monoisotopic (exact) mass is 1580 g/mol. The molecule has 0 aliphatic heterocycles. The lowest BCUT2D eigenvalue weighted by Gasteiger charge is -2.21. The Morgan fingerprint density at radius 1 is 0.250 bits per heavy atom. The normalized spacial score (nSPS) is 13.8. The number of unbranched alkanes of at least 4 members (excludes halogenated alkanes) is 55. The highest BCUT2D eigenvalue weighted by atomic mass is 31.2. The molecule has 0 saturated heterocycles. The molecule has 0 aromatic heterocycles. The molecule has 5 atom stereocenters. The highest BCUT2D eigenvalue weighted by Gasteiger charge is 2.31. The van der Waals surface area contributed by atoms with Crippen molar-refractivity contribution in [1.82, 2.24) is 0 Å². The van der Waals surface area contributed by atoms with Crippen LogP contribution >= 0.6 is 15.6 Å². The molecule has 3 N–H and O–H groups in total. The Labute approximate surface area is 664 Å². The molecule has 0 fully saturated rings. The summed E-state index contributed by atoms with van der Waals surface area (Å²) in [4.78, 5) is 73.3. The van der Waals surface area contributed by atoms with E-state index in [2.05, 4.69) is 48.5 Å². The van der Waals surface area contributed by atoms with Gasteiger partial charge >= 0.3 is 39.5 Å². The van der Waals surface area contributed by atoms with E-state index in [9.17, 15) is 43.2 Å². The standard InChI is InChI=1S/C89H174O17P2/c1-8-9-10-11-12-13-42-49-56-63-70-86(91)99-76-84(105-89(94)73-66-59-52-45-38-32-26-29-35-41-48-55-62-69-82(6)7)78-103-107(95,96)101-74-83(90)75-102-108(97,98)104-79-85(106-88(93)72-65-58-51-44-37-31-25-21-17-15-19-23-28-34-40-47-54-61-68-81(4)5)77-100-87(92)71-64-57-50-43-36-30-24-20-16-14-18-22-27-33-39-46-53-60-67-80(2)3/h80-85,90H,8-79H2,1-7H3,(H,95,96)(H,97,98)/t83-,84+,85+/m0/s1. The largest absolute Gasteiger partial charge is 0.472 e. The lowest BCUT2D eigenvalue weighted by molar-refractivity contribution is -0.161. The second-order valence-electron chi connectivity index (χ2n) is 33.4. The number of ether oxygens (including phenoxy) is 4. The Kier molecular flexibility index (Phi) is 77.5. The number of phosphoric acid groups is 2. The Morgan fingerprint density at radius 3 is 0.630 bits per heavy atom. The molecular formula is C89H174O17P2. The van der Waals surface area contributed by atoms with Gasteiger partial charge in [-0.1, -0.05) is 421 Å². The third kappa shape index (κ3) is 82.1. The van der Waals surface area contributed by atoms with Gasteiger partial charge in [-0.2, -0.15) is 0 Å². The van der Waals surface area contributed by atoms with Gasteiger partial charge in [0.25, 0.3) is 0 Å². The molecule has 0 rings (SSSR count). The topological polar surface area (TPSA) is 237 Å². The van der Waals surface area contributed by atoms with Gasteiger partial charge in [0.05, 0.1) is 26.4 Å². The van der Waals surface area contributed by atoms with E-state index in [4.69, 9.17) is 37.0 Å². The van der Waals surface area contributed by atoms with Gasteiger partial charge in [0.2, 0.25) is 0 Å². The zero-order valence-corrected chi connectivity index (χ0v) is 73.1. The SMILES string of the molecule is CCCCCCCCCCCCC(=O)OC[C@H](COP(=O)(O)OC[C@H](O)COP(=O)(O)OC[C@@H](COC(=O)CCCCCCCCCCCCCCCCCCCCC(C)C)OC(=O)CCCCCCCCCCCCCCCCCCCCC(C)C)OC(=O)CCCCCCCCCCCCCCCC(C)C. The first-order valence-corrected chi connectivity index (χ1v) is 48.8. The van der Waals surface area contributed by atoms with E-state index in [0.29, 0.717) is 25.7 Å². The Balaban J connectivity index is 5.22. The molecule has 108 heavy (non-hydrogen) atoms. The first-order valence-electron chi connectivity index (χ1n) is 45.8. The van der Waals surface area contributed by atoms with E-state index >= 15 is 0 Å². The molecule has 0 radical (unpaired) electrons. The van der Waals surface area contributed by atoms with Crippen molar-refractivity contribution in [2.24, 2.45) is 17.8 Å². The van der Waals surface area contributed by atoms with Crippen molar-refractivity contribution in [3.63, 3.8) is 0 Å². The van der Waals surface area contributed by atoms with Crippen LogP contribution in [0.3, 0.4) is 0 Å². The molecule has 19 heteroatoms. The third-order valence-electron chi connectivity index (χ3n) is 20.9. The molecule has 0 aromatic rings. The van der Waals surface area contributed by atoms with Crippen LogP contribution in [0.1, 0.15) is 472 Å². The zero-order valence-electron chi connectivity index (χ0n) is 71.3. The number of aliphatic hydroxyl groups excluding tert-OH is 1. The molecule has 0 aliphatic rings. The van der Waals surface area contributed by atoms with E-state index in [1.54, 1.807) is 0 Å². The zero-order chi connectivity index (χ0) is 79.3. The number of rotatable bonds is 87. The van der Waals surface area contributed by atoms with Crippen LogP contribution < -0.4 is 0 Å². The van der Waals surface area contributed by atoms with Crippen LogP contribution in [-0.2, 0) is 65.4 Å². The number of phosphoric ester groups is 2. The highest BCUT2D eigenvalue weighted by molar-refractivity contribution is 7.47. The minimum Gasteiger partial charge on any atom is -0.462 e. The maximum Gasteiger partial charge on any atom is 0.472 e. The molecule has 0 aliphatic carbocycles. The average Bonchev–Trinajstić information content (AvgIpc) is 0.895. The van der Waals surface area contributed by atoms with Crippen LogP contribution in [0.5, 0.6) is 0 Å². The van der Waals surface area contributed by atoms with Crippen LogP contribution in [0.4, 0.5) is 0 Å². The predicted octanol–water partition coefficient (Wildman–Crippen LogP) is 27.3. The van der Waals surface area contributed by atoms with Gasteiger partial charge in [-0.3, -0.25) is 37.3 Å². The third-order valence-corrected chi connectivity index (χ3v) is 22.8. The van der Waals surface area contributed by atoms with E-state index in [-0.39, 0.29) is 25.7 Å². The summed E-state index contributed by atoms with van der Waals surface area (Å²) < 4.78 is 69.0. The number of hydrogen-bond acceptors (Lipinski definition) is 15. The van der Waals surface area contributed by atoms with Gasteiger partial charge in [0.15, 0.2) is 12.2 Å². The Bertz CT molecular complexity index is 2080. The van der Waals surface area contributed by atoms with Gasteiger partial charge in [0, 0.05) is 25.7 Å². The van der Waals surface area contributed by atoms with Crippen molar-refractivity contribution in [3.8, 4) is 0 Å². The van der Waals surface area contributed by atoms with Crippen LogP contribution in [0, 0.1) is 17.8 Å². The first kappa shape index (κ1) is 106. The molecule has 0 saturated carbocycles. The first-order chi connectivity index (χ1) is 52.2. The van der Waals surface area contributed by atoms with Gasteiger partial charge in [0.1, 0.15) is 19.3 Å². The maximum atomic E-state index is 13.2. The second-order valence-corrected chi connectivity index (χ2v) is 36.3. The molecule has 0 aromatic carbocycles. The van der Waals surface area contributed by atoms with Gasteiger partial charge in [-0.25, -0.2) is 9.13 Å². The number of hydrogen-bond donors (Lipinski definition) is 3. The fourth-order valence-electron chi connectivity index (χ4n) is 13.9. The summed E-state index contributed by atoms with van der Waals surface area (Å²) in [5, 5.41) is 10.7. The van der Waals surface area contributed by atoms with Crippen molar-refractivity contribution >= 4 is 39.5 Å². The summed E-state index contributed by atoms with van der Waals surface area (Å²) in [6, 6.07) is 0. The van der Waals surface area contributed by atoms with Gasteiger partial charge in [-0.15, -0.1) is 0 Å². The van der Waals surface area contributed by atoms with Crippen LogP contribution in [0.15, 0.2) is 0 Å². The predicted molar refractivity (Wildman–Crippen MR) is 446 cm³/mol. The Hall–Kier alpha value is -1.94. The molecule has 0 heterocycles. The van der Waals surface area contributed by atoms with Gasteiger partial charge < -0.3 is 33.8 Å². The summed E-state index contributed by atoms with van der Waals surface area (Å²) in [5.41, 5.74) is 0. The molecule has 0 spiro atoms. The van der Waals surface area contributed by atoms with Crippen molar-refractivity contribution < 1.29 is 80.2 Å². The smallest absolute Gasteiger partial charge is 0.462 e. The van der Waals surface area contributed by atoms with E-state index < -0.39 is 97.5 Å². The van der Waals surface area contributed by atoms with Crippen molar-refractivity contribution in [2.45, 2.75) is 491 Å². The molecular weight excluding hydrogens is 1400 g/mol. The number of esters is 4. The van der Waals surface area contributed by atoms with E-state index in [1.165, 1.54) is 283 Å². The molecule has 642 valence electrons. The quantitative estimate of drug-likeness (QED) is 0.0222. The molecule has 0 bridgehead atoms. The lowest BCUT2D eigenvalue weighted by Crippen LogP contribution is -2.30. The summed E-state index contributed by atoms with van der Waals surface area (Å²) in [6.07, 6.45) is 70.9. The second kappa shape index (κ2) is 78.9. The minimum atomic E-state index is -4.97. The fraction of sp³-hybridized carbons (Fsp3) is 0.955. The fourth-order valence-corrected chi connectivity index (χ4v) is 15.5. The average molecular weight is 1580 g/mol. The minimum absolute atomic E-state index is 0.108. The van der Waals surface area contributed by atoms with E-state index in [1.807, 2.05) is 0 Å². The summed E-state index contributed by atoms with van der Waals surface area (Å²) in [6.45, 7) is 12.1. The Morgan fingerprint density at radius 2 is 0.426 bits per heavy atom. The number of carbonyl (C=O) groups excluding carboxylic acids is 4. The number of aliphatic hydroxyl groups is 1. The molecule has 17 nitrogen and oxygen atoms in total. The highest BCUT2D eigenvalue weighted by Crippen LogP contribution is 2.45. The summed E-state index contributed by atoms with van der Waals surface area (Å²) in [5.74, 6) is 0.329.